The monoisotopic (exact) mass is 351 g/mol. The van der Waals surface area contributed by atoms with E-state index in [1.54, 1.807) is 0 Å². The summed E-state index contributed by atoms with van der Waals surface area (Å²) in [4.78, 5) is 0. The summed E-state index contributed by atoms with van der Waals surface area (Å²) >= 11 is 9.75. The van der Waals surface area contributed by atoms with Crippen molar-refractivity contribution in [3.8, 4) is 0 Å². The van der Waals surface area contributed by atoms with Crippen molar-refractivity contribution >= 4 is 27.5 Å². The van der Waals surface area contributed by atoms with Crippen molar-refractivity contribution in [1.82, 2.24) is 5.32 Å². The molecular formula is C17H19BrClN. The summed E-state index contributed by atoms with van der Waals surface area (Å²) in [5.74, 6) is 0. The van der Waals surface area contributed by atoms with Crippen LogP contribution in [0.2, 0.25) is 5.02 Å². The second kappa shape index (κ2) is 6.75. The van der Waals surface area contributed by atoms with Crippen LogP contribution in [0.3, 0.4) is 0 Å². The highest BCUT2D eigenvalue weighted by molar-refractivity contribution is 9.10. The molecule has 0 aliphatic rings. The largest absolute Gasteiger partial charge is 0.304 e. The molecule has 0 heterocycles. The lowest BCUT2D eigenvalue weighted by molar-refractivity contribution is 0.493. The first kappa shape index (κ1) is 15.6. The standard InChI is InChI=1S/C17H19BrClN/c1-11-6-4-5-7-15(11)12(2)20-13(3)16-9-8-14(18)10-17(16)19/h4-10,12-13,20H,1-3H3. The number of nitrogens with one attached hydrogen (secondary N) is 1. The minimum atomic E-state index is 0.199. The van der Waals surface area contributed by atoms with Gasteiger partial charge in [0.1, 0.15) is 0 Å². The van der Waals surface area contributed by atoms with E-state index in [9.17, 15) is 0 Å². The van der Waals surface area contributed by atoms with Crippen molar-refractivity contribution in [2.75, 3.05) is 0 Å². The Kier molecular flexibility index (Phi) is 5.25. The molecule has 0 bridgehead atoms. The molecule has 2 atom stereocenters. The first-order valence-electron chi connectivity index (χ1n) is 6.75. The smallest absolute Gasteiger partial charge is 0.0464 e. The topological polar surface area (TPSA) is 12.0 Å². The summed E-state index contributed by atoms with van der Waals surface area (Å²) in [7, 11) is 0. The maximum Gasteiger partial charge on any atom is 0.0464 e. The molecule has 2 rings (SSSR count). The second-order valence-electron chi connectivity index (χ2n) is 5.13. The van der Waals surface area contributed by atoms with Gasteiger partial charge in [0, 0.05) is 21.6 Å². The third-order valence-corrected chi connectivity index (χ3v) is 4.40. The van der Waals surface area contributed by atoms with Crippen LogP contribution in [0.1, 0.15) is 42.6 Å². The SMILES string of the molecule is Cc1ccccc1C(C)NC(C)c1ccc(Br)cc1Cl. The minimum Gasteiger partial charge on any atom is -0.304 e. The number of hydrogen-bond acceptors (Lipinski definition) is 1. The van der Waals surface area contributed by atoms with Crippen molar-refractivity contribution in [1.29, 1.82) is 0 Å². The summed E-state index contributed by atoms with van der Waals surface area (Å²) in [5, 5.41) is 4.40. The van der Waals surface area contributed by atoms with Gasteiger partial charge in [-0.15, -0.1) is 0 Å². The molecule has 0 amide bonds. The average molecular weight is 353 g/mol. The van der Waals surface area contributed by atoms with Crippen LogP contribution in [0.5, 0.6) is 0 Å². The molecule has 2 aromatic rings. The zero-order valence-electron chi connectivity index (χ0n) is 12.0. The predicted molar refractivity (Wildman–Crippen MR) is 90.3 cm³/mol. The molecule has 0 aromatic heterocycles. The Balaban J connectivity index is 2.15. The van der Waals surface area contributed by atoms with Gasteiger partial charge in [-0.25, -0.2) is 0 Å². The number of hydrogen-bond donors (Lipinski definition) is 1. The fourth-order valence-corrected chi connectivity index (χ4v) is 3.32. The van der Waals surface area contributed by atoms with E-state index >= 15 is 0 Å². The Hall–Kier alpha value is -0.830. The molecule has 2 unspecified atom stereocenters. The Bertz CT molecular complexity index is 597. The van der Waals surface area contributed by atoms with Crippen molar-refractivity contribution < 1.29 is 0 Å². The van der Waals surface area contributed by atoms with Gasteiger partial charge in [-0.1, -0.05) is 57.9 Å². The lowest BCUT2D eigenvalue weighted by atomic mass is 10.0. The lowest BCUT2D eigenvalue weighted by Crippen LogP contribution is -2.23. The number of aryl methyl sites for hydroxylation is 1. The third-order valence-electron chi connectivity index (χ3n) is 3.58. The zero-order valence-corrected chi connectivity index (χ0v) is 14.3. The molecule has 0 aliphatic carbocycles. The van der Waals surface area contributed by atoms with Gasteiger partial charge < -0.3 is 5.32 Å². The van der Waals surface area contributed by atoms with Crippen molar-refractivity contribution in [2.24, 2.45) is 0 Å². The summed E-state index contributed by atoms with van der Waals surface area (Å²) in [6, 6.07) is 15.0. The highest BCUT2D eigenvalue weighted by Crippen LogP contribution is 2.28. The van der Waals surface area contributed by atoms with Gasteiger partial charge >= 0.3 is 0 Å². The van der Waals surface area contributed by atoms with Crippen molar-refractivity contribution in [3.05, 3.63) is 68.7 Å². The van der Waals surface area contributed by atoms with E-state index in [1.807, 2.05) is 12.1 Å². The van der Waals surface area contributed by atoms with E-state index < -0.39 is 0 Å². The van der Waals surface area contributed by atoms with Crippen LogP contribution in [-0.4, -0.2) is 0 Å². The minimum absolute atomic E-state index is 0.199. The van der Waals surface area contributed by atoms with Crippen LogP contribution in [0.4, 0.5) is 0 Å². The molecule has 0 spiro atoms. The van der Waals surface area contributed by atoms with E-state index in [0.717, 1.165) is 15.1 Å². The Labute approximate surface area is 134 Å². The van der Waals surface area contributed by atoms with Crippen LogP contribution in [-0.2, 0) is 0 Å². The van der Waals surface area contributed by atoms with E-state index in [1.165, 1.54) is 11.1 Å². The molecular weight excluding hydrogens is 334 g/mol. The normalized spacial score (nSPS) is 14.1. The molecule has 0 radical (unpaired) electrons. The molecule has 0 aliphatic heterocycles. The lowest BCUT2D eigenvalue weighted by Gasteiger charge is -2.23. The molecule has 0 fully saturated rings. The van der Waals surface area contributed by atoms with E-state index in [0.29, 0.717) is 0 Å². The van der Waals surface area contributed by atoms with Gasteiger partial charge in [0.2, 0.25) is 0 Å². The summed E-state index contributed by atoms with van der Waals surface area (Å²) in [6.45, 7) is 6.47. The predicted octanol–water partition coefficient (Wildman–Crippen LogP) is 5.82. The quantitative estimate of drug-likeness (QED) is 0.730. The Morgan fingerprint density at radius 1 is 1.00 bits per heavy atom. The van der Waals surface area contributed by atoms with Crippen LogP contribution < -0.4 is 5.32 Å². The number of rotatable bonds is 4. The van der Waals surface area contributed by atoms with Gasteiger partial charge in [-0.2, -0.15) is 0 Å². The van der Waals surface area contributed by atoms with Crippen LogP contribution in [0.25, 0.3) is 0 Å². The van der Waals surface area contributed by atoms with E-state index in [2.05, 4.69) is 72.3 Å². The molecule has 0 saturated heterocycles. The molecule has 3 heteroatoms. The van der Waals surface area contributed by atoms with Gasteiger partial charge in [-0.05, 0) is 49.6 Å². The Morgan fingerprint density at radius 2 is 1.65 bits per heavy atom. The fourth-order valence-electron chi connectivity index (χ4n) is 2.48. The Morgan fingerprint density at radius 3 is 2.30 bits per heavy atom. The third kappa shape index (κ3) is 3.63. The summed E-state index contributed by atoms with van der Waals surface area (Å²) < 4.78 is 1.01. The average Bonchev–Trinajstić information content (AvgIpc) is 2.38. The number of halogens is 2. The highest BCUT2D eigenvalue weighted by Gasteiger charge is 2.14. The van der Waals surface area contributed by atoms with Crippen molar-refractivity contribution in [3.63, 3.8) is 0 Å². The fraction of sp³-hybridized carbons (Fsp3) is 0.294. The van der Waals surface area contributed by atoms with E-state index in [4.69, 9.17) is 11.6 Å². The van der Waals surface area contributed by atoms with Crippen LogP contribution in [0.15, 0.2) is 46.9 Å². The number of benzene rings is 2. The van der Waals surface area contributed by atoms with Gasteiger partial charge in [-0.3, -0.25) is 0 Å². The first-order valence-corrected chi connectivity index (χ1v) is 7.92. The first-order chi connectivity index (χ1) is 9.49. The van der Waals surface area contributed by atoms with Crippen molar-refractivity contribution in [2.45, 2.75) is 32.9 Å². The van der Waals surface area contributed by atoms with E-state index in [-0.39, 0.29) is 12.1 Å². The molecule has 1 N–H and O–H groups in total. The zero-order chi connectivity index (χ0) is 14.7. The summed E-state index contributed by atoms with van der Waals surface area (Å²) in [6.07, 6.45) is 0. The molecule has 2 aromatic carbocycles. The molecule has 106 valence electrons. The molecule has 0 saturated carbocycles. The maximum atomic E-state index is 6.32. The maximum absolute atomic E-state index is 6.32. The van der Waals surface area contributed by atoms with Crippen LogP contribution in [0, 0.1) is 6.92 Å². The van der Waals surface area contributed by atoms with Crippen LogP contribution >= 0.6 is 27.5 Å². The van der Waals surface area contributed by atoms with Gasteiger partial charge in [0.25, 0.3) is 0 Å². The highest BCUT2D eigenvalue weighted by atomic mass is 79.9. The van der Waals surface area contributed by atoms with Gasteiger partial charge in [0.05, 0.1) is 0 Å². The second-order valence-corrected chi connectivity index (χ2v) is 6.46. The van der Waals surface area contributed by atoms with Gasteiger partial charge in [0.15, 0.2) is 0 Å². The summed E-state index contributed by atoms with van der Waals surface area (Å²) in [5.41, 5.74) is 3.75. The molecule has 20 heavy (non-hydrogen) atoms. The molecule has 1 nitrogen and oxygen atoms in total.